The van der Waals surface area contributed by atoms with Crippen LogP contribution in [0.4, 0.5) is 0 Å². The summed E-state index contributed by atoms with van der Waals surface area (Å²) in [7, 11) is -1.32. The molecule has 4 aromatic rings. The lowest BCUT2D eigenvalue weighted by atomic mass is 10.0. The van der Waals surface area contributed by atoms with Gasteiger partial charge >= 0.3 is 0 Å². The molecule has 0 bridgehead atoms. The number of amides is 6. The summed E-state index contributed by atoms with van der Waals surface area (Å²) in [6.07, 6.45) is 3.84. The van der Waals surface area contributed by atoms with E-state index in [1.54, 1.807) is 36.5 Å². The minimum Gasteiger partial charge on any atom is -0.506 e. The molecule has 0 saturated carbocycles. The van der Waals surface area contributed by atoms with E-state index in [1.807, 2.05) is 0 Å². The van der Waals surface area contributed by atoms with Gasteiger partial charge in [0.15, 0.2) is 0 Å². The number of nitrogens with zero attached hydrogens (tertiary/aromatic N) is 4. The monoisotopic (exact) mass is 878 g/mol. The zero-order chi connectivity index (χ0) is 45.1. The number of phenols is 1. The number of nitrogens with one attached hydrogen (secondary N) is 5. The molecule has 5 atom stereocenters. The fraction of sp³-hybridized carbons (Fsp3) is 0.400. The number of aliphatic hydroxyl groups is 2. The van der Waals surface area contributed by atoms with Gasteiger partial charge in [0.05, 0.1) is 36.9 Å². The van der Waals surface area contributed by atoms with E-state index >= 15 is 0 Å². The number of aromatic nitrogens is 3. The highest BCUT2D eigenvalue weighted by atomic mass is 32.2. The average Bonchev–Trinajstić information content (AvgIpc) is 3.97. The number of nitrogens with two attached hydrogens (primary N) is 1. The third-order valence-electron chi connectivity index (χ3n) is 10.3. The summed E-state index contributed by atoms with van der Waals surface area (Å²) in [5.41, 5.74) is 6.46. The largest absolute Gasteiger partial charge is 0.506 e. The van der Waals surface area contributed by atoms with Gasteiger partial charge in [-0.2, -0.15) is 0 Å². The van der Waals surface area contributed by atoms with Crippen molar-refractivity contribution in [2.24, 2.45) is 5.73 Å². The number of rotatable bonds is 20. The lowest BCUT2D eigenvalue weighted by molar-refractivity contribution is -0.139. The van der Waals surface area contributed by atoms with Crippen molar-refractivity contribution in [2.75, 3.05) is 33.9 Å². The van der Waals surface area contributed by atoms with Gasteiger partial charge in [0.1, 0.15) is 35.4 Å². The number of fused-ring (bicyclic) bond motifs is 1. The van der Waals surface area contributed by atoms with Gasteiger partial charge in [0.2, 0.25) is 45.5 Å². The van der Waals surface area contributed by atoms with Crippen molar-refractivity contribution in [2.45, 2.75) is 73.6 Å². The Balaban J connectivity index is 1.40. The van der Waals surface area contributed by atoms with Gasteiger partial charge in [0.25, 0.3) is 0 Å². The molecule has 0 aliphatic carbocycles. The number of likely N-dealkylation sites (tertiary alicyclic amines) is 1. The molecule has 2 aromatic carbocycles. The summed E-state index contributed by atoms with van der Waals surface area (Å²) < 4.78 is 27.1. The molecule has 0 spiro atoms. The summed E-state index contributed by atoms with van der Waals surface area (Å²) in [6.45, 7) is -1.48. The lowest BCUT2D eigenvalue weighted by Crippen LogP contribution is -2.58. The molecule has 10 N–H and O–H groups in total. The molecule has 3 heterocycles. The summed E-state index contributed by atoms with van der Waals surface area (Å²) in [5.74, 6) is -5.03. The summed E-state index contributed by atoms with van der Waals surface area (Å²) in [6, 6.07) is 7.12. The zero-order valence-electron chi connectivity index (χ0n) is 34.0. The van der Waals surface area contributed by atoms with Crippen LogP contribution in [0, 0.1) is 0 Å². The SMILES string of the molecule is CN(C)S(=O)(=O)c1ccc(O)c2nc(C[C@H](NC(=O)CC(NC(=O)[C@@H]3CCCN3C(=O)CCc3cnc[nH]3)c3ccccc3)C(=O)N[C@@H](CO)C(=O)N[C@@H](CO)C(N)=O)ccc12. The van der Waals surface area contributed by atoms with Crippen LogP contribution in [0.15, 0.2) is 72.0 Å². The number of primary amides is 1. The van der Waals surface area contributed by atoms with E-state index in [4.69, 9.17) is 5.73 Å². The number of aryl methyl sites for hydroxylation is 1. The maximum Gasteiger partial charge on any atom is 0.245 e. The van der Waals surface area contributed by atoms with Crippen molar-refractivity contribution in [3.05, 3.63) is 84.1 Å². The molecule has 1 unspecified atom stereocenters. The van der Waals surface area contributed by atoms with Crippen LogP contribution < -0.4 is 27.0 Å². The van der Waals surface area contributed by atoms with Gasteiger partial charge in [0, 0.05) is 56.5 Å². The van der Waals surface area contributed by atoms with Crippen LogP contribution in [0.3, 0.4) is 0 Å². The maximum absolute atomic E-state index is 14.0. The molecule has 5 rings (SSSR count). The van der Waals surface area contributed by atoms with Gasteiger partial charge in [-0.05, 0) is 49.1 Å². The Kier molecular flexibility index (Phi) is 15.7. The Hall–Kier alpha value is -6.49. The van der Waals surface area contributed by atoms with Crippen LogP contribution in [-0.2, 0) is 51.6 Å². The summed E-state index contributed by atoms with van der Waals surface area (Å²) in [5, 5.41) is 40.3. The first-order valence-corrected chi connectivity index (χ1v) is 21.0. The highest BCUT2D eigenvalue weighted by molar-refractivity contribution is 7.89. The number of aromatic amines is 1. The quantitative estimate of drug-likeness (QED) is 0.0477. The third-order valence-corrected chi connectivity index (χ3v) is 12.2. The molecular weight excluding hydrogens is 829 g/mol. The van der Waals surface area contributed by atoms with Crippen molar-refractivity contribution in [1.82, 2.24) is 45.4 Å². The normalized spacial score (nSPS) is 16.0. The fourth-order valence-electron chi connectivity index (χ4n) is 6.90. The van der Waals surface area contributed by atoms with E-state index < -0.39 is 95.8 Å². The second-order valence-corrected chi connectivity index (χ2v) is 16.9. The molecule has 2 aromatic heterocycles. The Morgan fingerprint density at radius 1 is 0.919 bits per heavy atom. The second-order valence-electron chi connectivity index (χ2n) is 14.8. The highest BCUT2D eigenvalue weighted by Gasteiger charge is 2.36. The van der Waals surface area contributed by atoms with Crippen LogP contribution in [0.1, 0.15) is 48.7 Å². The number of H-pyrrole nitrogens is 1. The number of carbonyl (C=O) groups excluding carboxylic acids is 6. The molecule has 1 aliphatic heterocycles. The molecule has 21 nitrogen and oxygen atoms in total. The minimum atomic E-state index is -3.99. The van der Waals surface area contributed by atoms with E-state index in [9.17, 15) is 52.5 Å². The lowest BCUT2D eigenvalue weighted by Gasteiger charge is -2.27. The standard InChI is InChI=1S/C40H50N10O11S/c1-49(2)62(60,61)33-14-13-32(53)36-26(33)12-10-24(44-36)17-28(38(57)48-30(21-52)39(58)47-29(20-51)37(41)56)45-34(54)18-27(23-7-4-3-5-8-23)46-40(59)31-9-6-16-50(31)35(55)15-11-25-19-42-22-43-25/h3-5,7-8,10,12-14,19,22,27-31,51-53H,6,9,11,15-18,20-21H2,1-2H3,(H2,41,56)(H,42,43)(H,45,54)(H,46,59)(H,47,58)(H,48,57)/t27?,28-,29-,30-,31-/m0/s1. The van der Waals surface area contributed by atoms with Crippen LogP contribution in [0.5, 0.6) is 5.75 Å². The average molecular weight is 879 g/mol. The Labute approximate surface area is 356 Å². The molecule has 1 aliphatic rings. The first-order valence-electron chi connectivity index (χ1n) is 19.6. The van der Waals surface area contributed by atoms with E-state index in [-0.39, 0.29) is 39.6 Å². The van der Waals surface area contributed by atoms with Crippen LogP contribution in [0.2, 0.25) is 0 Å². The summed E-state index contributed by atoms with van der Waals surface area (Å²) in [4.78, 5) is 92.3. The van der Waals surface area contributed by atoms with Crippen molar-refractivity contribution in [3.8, 4) is 5.75 Å². The van der Waals surface area contributed by atoms with E-state index in [1.165, 1.54) is 43.5 Å². The third kappa shape index (κ3) is 11.5. The number of aromatic hydroxyl groups is 1. The molecule has 1 saturated heterocycles. The van der Waals surface area contributed by atoms with Crippen molar-refractivity contribution in [3.63, 3.8) is 0 Å². The number of benzene rings is 2. The minimum absolute atomic E-state index is 0.0687. The van der Waals surface area contributed by atoms with Crippen molar-refractivity contribution < 1.29 is 52.5 Å². The van der Waals surface area contributed by atoms with E-state index in [0.717, 1.165) is 16.1 Å². The Morgan fingerprint density at radius 2 is 1.61 bits per heavy atom. The molecule has 332 valence electrons. The smallest absolute Gasteiger partial charge is 0.245 e. The first-order chi connectivity index (χ1) is 29.5. The number of hydrogen-bond acceptors (Lipinski definition) is 13. The molecule has 22 heteroatoms. The predicted molar refractivity (Wildman–Crippen MR) is 221 cm³/mol. The second kappa shape index (κ2) is 20.9. The van der Waals surface area contributed by atoms with E-state index in [2.05, 4.69) is 36.2 Å². The predicted octanol–water partition coefficient (Wildman–Crippen LogP) is -1.75. The number of carbonyl (C=O) groups is 6. The molecular formula is C40H50N10O11S. The van der Waals surface area contributed by atoms with Gasteiger partial charge in [-0.25, -0.2) is 22.7 Å². The molecule has 0 radical (unpaired) electrons. The zero-order valence-corrected chi connectivity index (χ0v) is 34.8. The molecule has 6 amide bonds. The van der Waals surface area contributed by atoms with Gasteiger partial charge < -0.3 is 52.2 Å². The molecule has 62 heavy (non-hydrogen) atoms. The van der Waals surface area contributed by atoms with Gasteiger partial charge in [-0.3, -0.25) is 28.8 Å². The number of imidazole rings is 1. The Morgan fingerprint density at radius 3 is 2.26 bits per heavy atom. The topological polar surface area (TPSA) is 319 Å². The first kappa shape index (κ1) is 46.6. The van der Waals surface area contributed by atoms with Gasteiger partial charge in [-0.1, -0.05) is 30.3 Å². The number of sulfonamides is 1. The van der Waals surface area contributed by atoms with Crippen LogP contribution in [0.25, 0.3) is 10.9 Å². The van der Waals surface area contributed by atoms with Crippen molar-refractivity contribution in [1.29, 1.82) is 0 Å². The van der Waals surface area contributed by atoms with E-state index in [0.29, 0.717) is 31.4 Å². The number of pyridine rings is 1. The molecule has 1 fully saturated rings. The van der Waals surface area contributed by atoms with Gasteiger partial charge in [-0.15, -0.1) is 0 Å². The maximum atomic E-state index is 14.0. The van der Waals surface area contributed by atoms with Crippen molar-refractivity contribution >= 4 is 56.4 Å². The number of aliphatic hydroxyl groups excluding tert-OH is 2. The van der Waals surface area contributed by atoms with Crippen LogP contribution in [-0.4, -0.2) is 141 Å². The fourth-order valence-corrected chi connectivity index (χ4v) is 7.98. The number of hydrogen-bond donors (Lipinski definition) is 9. The number of phenolic OH excluding ortho intramolecular Hbond substituents is 1. The van der Waals surface area contributed by atoms with Crippen LogP contribution >= 0.6 is 0 Å². The highest BCUT2D eigenvalue weighted by Crippen LogP contribution is 2.31. The summed E-state index contributed by atoms with van der Waals surface area (Å²) >= 11 is 0. The Bertz CT molecular complexity index is 2360.